The predicted octanol–water partition coefficient (Wildman–Crippen LogP) is -0.761. The van der Waals surface area contributed by atoms with E-state index in [2.05, 4.69) is 10.2 Å². The van der Waals surface area contributed by atoms with Crippen LogP contribution in [0.25, 0.3) is 0 Å². The molecule has 1 aliphatic rings. The van der Waals surface area contributed by atoms with Gasteiger partial charge in [-0.3, -0.25) is 0 Å². The maximum atomic E-state index is 9.11. The SMILES string of the molecule is NOCC1(CO)CCNCC1. The van der Waals surface area contributed by atoms with Crippen molar-refractivity contribution in [2.45, 2.75) is 12.8 Å². The van der Waals surface area contributed by atoms with Crippen LogP contribution < -0.4 is 11.2 Å². The molecule has 11 heavy (non-hydrogen) atoms. The molecule has 66 valence electrons. The van der Waals surface area contributed by atoms with E-state index in [0.717, 1.165) is 25.9 Å². The molecule has 0 aromatic carbocycles. The summed E-state index contributed by atoms with van der Waals surface area (Å²) in [5.74, 6) is 4.99. The molecule has 0 saturated carbocycles. The average Bonchev–Trinajstić information content (AvgIpc) is 2.07. The Morgan fingerprint density at radius 2 is 2.09 bits per heavy atom. The Kier molecular flexibility index (Phi) is 3.26. The Bertz CT molecular complexity index is 107. The van der Waals surface area contributed by atoms with E-state index in [1.807, 2.05) is 0 Å². The van der Waals surface area contributed by atoms with Gasteiger partial charge in [0, 0.05) is 5.41 Å². The first kappa shape index (κ1) is 8.93. The van der Waals surface area contributed by atoms with E-state index in [-0.39, 0.29) is 12.0 Å². The maximum Gasteiger partial charge on any atom is 0.0758 e. The van der Waals surface area contributed by atoms with E-state index in [0.29, 0.717) is 6.61 Å². The number of rotatable bonds is 3. The normalized spacial score (nSPS) is 23.5. The van der Waals surface area contributed by atoms with Gasteiger partial charge in [-0.1, -0.05) is 0 Å². The molecule has 0 amide bonds. The number of aliphatic hydroxyl groups excluding tert-OH is 1. The van der Waals surface area contributed by atoms with Gasteiger partial charge in [0.25, 0.3) is 0 Å². The van der Waals surface area contributed by atoms with Crippen molar-refractivity contribution in [3.8, 4) is 0 Å². The van der Waals surface area contributed by atoms with Crippen molar-refractivity contribution in [2.75, 3.05) is 26.3 Å². The lowest BCUT2D eigenvalue weighted by Gasteiger charge is -2.34. The third-order valence-corrected chi connectivity index (χ3v) is 2.39. The summed E-state index contributed by atoms with van der Waals surface area (Å²) in [6.07, 6.45) is 1.89. The first-order valence-electron chi connectivity index (χ1n) is 3.96. The smallest absolute Gasteiger partial charge is 0.0758 e. The molecule has 0 bridgehead atoms. The Hall–Kier alpha value is -0.160. The van der Waals surface area contributed by atoms with E-state index in [4.69, 9.17) is 11.0 Å². The fourth-order valence-corrected chi connectivity index (χ4v) is 1.48. The fourth-order valence-electron chi connectivity index (χ4n) is 1.48. The molecule has 0 unspecified atom stereocenters. The van der Waals surface area contributed by atoms with E-state index in [9.17, 15) is 0 Å². The summed E-state index contributed by atoms with van der Waals surface area (Å²) in [7, 11) is 0. The number of hydrogen-bond acceptors (Lipinski definition) is 4. The second-order valence-corrected chi connectivity index (χ2v) is 3.22. The molecule has 0 aliphatic carbocycles. The first-order valence-corrected chi connectivity index (χ1v) is 3.96. The Morgan fingerprint density at radius 1 is 1.45 bits per heavy atom. The van der Waals surface area contributed by atoms with Crippen molar-refractivity contribution in [2.24, 2.45) is 11.3 Å². The highest BCUT2D eigenvalue weighted by Crippen LogP contribution is 2.27. The van der Waals surface area contributed by atoms with Crippen molar-refractivity contribution >= 4 is 0 Å². The molecule has 4 N–H and O–H groups in total. The number of nitrogens with two attached hydrogens (primary N) is 1. The lowest BCUT2D eigenvalue weighted by Crippen LogP contribution is -2.42. The molecule has 1 saturated heterocycles. The zero-order chi connectivity index (χ0) is 8.16. The van der Waals surface area contributed by atoms with Crippen LogP contribution >= 0.6 is 0 Å². The van der Waals surface area contributed by atoms with Crippen LogP contribution in [0.15, 0.2) is 0 Å². The van der Waals surface area contributed by atoms with Crippen LogP contribution in [0.2, 0.25) is 0 Å². The summed E-state index contributed by atoms with van der Waals surface area (Å²) in [6.45, 7) is 2.53. The highest BCUT2D eigenvalue weighted by Gasteiger charge is 2.31. The third kappa shape index (κ3) is 2.13. The van der Waals surface area contributed by atoms with Crippen LogP contribution in [0.4, 0.5) is 0 Å². The minimum Gasteiger partial charge on any atom is -0.396 e. The number of hydrogen-bond donors (Lipinski definition) is 3. The molecule has 4 heteroatoms. The van der Waals surface area contributed by atoms with Crippen LogP contribution in [0.1, 0.15) is 12.8 Å². The van der Waals surface area contributed by atoms with Crippen LogP contribution in [0, 0.1) is 5.41 Å². The second-order valence-electron chi connectivity index (χ2n) is 3.22. The zero-order valence-corrected chi connectivity index (χ0v) is 6.68. The summed E-state index contributed by atoms with van der Waals surface area (Å²) in [6, 6.07) is 0. The minimum atomic E-state index is -0.0833. The van der Waals surface area contributed by atoms with E-state index >= 15 is 0 Å². The van der Waals surface area contributed by atoms with Gasteiger partial charge in [-0.25, -0.2) is 5.90 Å². The summed E-state index contributed by atoms with van der Waals surface area (Å²) >= 11 is 0. The van der Waals surface area contributed by atoms with Gasteiger partial charge in [0.1, 0.15) is 0 Å². The van der Waals surface area contributed by atoms with Crippen molar-refractivity contribution in [1.82, 2.24) is 5.32 Å². The largest absolute Gasteiger partial charge is 0.396 e. The molecule has 1 rings (SSSR count). The fraction of sp³-hybridized carbons (Fsp3) is 1.00. The Morgan fingerprint density at radius 3 is 2.55 bits per heavy atom. The highest BCUT2D eigenvalue weighted by molar-refractivity contribution is 4.83. The number of nitrogens with one attached hydrogen (secondary N) is 1. The first-order chi connectivity index (χ1) is 5.33. The van der Waals surface area contributed by atoms with E-state index in [1.54, 1.807) is 0 Å². The predicted molar refractivity (Wildman–Crippen MR) is 41.8 cm³/mol. The minimum absolute atomic E-state index is 0.0833. The number of piperidine rings is 1. The van der Waals surface area contributed by atoms with Crippen molar-refractivity contribution in [3.63, 3.8) is 0 Å². The van der Waals surface area contributed by atoms with Crippen molar-refractivity contribution in [3.05, 3.63) is 0 Å². The van der Waals surface area contributed by atoms with Gasteiger partial charge in [0.05, 0.1) is 13.2 Å². The summed E-state index contributed by atoms with van der Waals surface area (Å²) in [4.78, 5) is 4.59. The van der Waals surface area contributed by atoms with Gasteiger partial charge in [0.2, 0.25) is 0 Å². The average molecular weight is 160 g/mol. The molecule has 0 aromatic heterocycles. The van der Waals surface area contributed by atoms with Gasteiger partial charge in [0.15, 0.2) is 0 Å². The second kappa shape index (κ2) is 4.01. The zero-order valence-electron chi connectivity index (χ0n) is 6.68. The molecule has 0 aromatic rings. The van der Waals surface area contributed by atoms with E-state index in [1.165, 1.54) is 0 Å². The third-order valence-electron chi connectivity index (χ3n) is 2.39. The summed E-state index contributed by atoms with van der Waals surface area (Å²) < 4.78 is 0. The number of aliphatic hydroxyl groups is 1. The summed E-state index contributed by atoms with van der Waals surface area (Å²) in [5, 5.41) is 12.3. The quantitative estimate of drug-likeness (QED) is 0.475. The van der Waals surface area contributed by atoms with Crippen LogP contribution in [0.5, 0.6) is 0 Å². The molecule has 0 spiro atoms. The molecular formula is C7H16N2O2. The molecule has 0 radical (unpaired) electrons. The highest BCUT2D eigenvalue weighted by atomic mass is 16.6. The maximum absolute atomic E-state index is 9.11. The standard InChI is InChI=1S/C7H16N2O2/c8-11-6-7(5-10)1-3-9-4-2-7/h9-10H,1-6,8H2. The molecular weight excluding hydrogens is 144 g/mol. The molecule has 0 atom stereocenters. The van der Waals surface area contributed by atoms with Crippen LogP contribution in [-0.4, -0.2) is 31.4 Å². The van der Waals surface area contributed by atoms with Crippen molar-refractivity contribution < 1.29 is 9.94 Å². The van der Waals surface area contributed by atoms with Crippen LogP contribution in [0.3, 0.4) is 0 Å². The summed E-state index contributed by atoms with van der Waals surface area (Å²) in [5.41, 5.74) is -0.0833. The lowest BCUT2D eigenvalue weighted by atomic mass is 9.81. The Labute approximate surface area is 66.7 Å². The molecule has 1 heterocycles. The van der Waals surface area contributed by atoms with Crippen LogP contribution in [-0.2, 0) is 4.84 Å². The molecule has 1 fully saturated rings. The van der Waals surface area contributed by atoms with Gasteiger partial charge < -0.3 is 15.3 Å². The molecule has 4 nitrogen and oxygen atoms in total. The molecule has 1 aliphatic heterocycles. The van der Waals surface area contributed by atoms with Gasteiger partial charge in [-0.15, -0.1) is 0 Å². The van der Waals surface area contributed by atoms with Crippen molar-refractivity contribution in [1.29, 1.82) is 0 Å². The monoisotopic (exact) mass is 160 g/mol. The Balaban J connectivity index is 2.42. The van der Waals surface area contributed by atoms with E-state index < -0.39 is 0 Å². The van der Waals surface area contributed by atoms with Gasteiger partial charge in [-0.05, 0) is 25.9 Å². The van der Waals surface area contributed by atoms with Gasteiger partial charge >= 0.3 is 0 Å². The topological polar surface area (TPSA) is 67.5 Å². The van der Waals surface area contributed by atoms with Gasteiger partial charge in [-0.2, -0.15) is 0 Å². The lowest BCUT2D eigenvalue weighted by molar-refractivity contribution is -0.0129.